The van der Waals surface area contributed by atoms with Crippen LogP contribution in [0.3, 0.4) is 0 Å². The van der Waals surface area contributed by atoms with E-state index >= 15 is 0 Å². The van der Waals surface area contributed by atoms with Gasteiger partial charge < -0.3 is 5.32 Å². The molecule has 0 saturated heterocycles. The zero-order valence-electron chi connectivity index (χ0n) is 11.5. The summed E-state index contributed by atoms with van der Waals surface area (Å²) in [5, 5.41) is 3.43. The van der Waals surface area contributed by atoms with Gasteiger partial charge in [0.1, 0.15) is 0 Å². The Morgan fingerprint density at radius 3 is 2.47 bits per heavy atom. The average molecular weight is 319 g/mol. The van der Waals surface area contributed by atoms with Crippen molar-refractivity contribution in [1.82, 2.24) is 10.3 Å². The minimum absolute atomic E-state index is 0.275. The molecule has 0 saturated carbocycles. The first-order chi connectivity index (χ1) is 9.15. The van der Waals surface area contributed by atoms with Crippen LogP contribution in [0, 0.1) is 6.92 Å². The number of aromatic nitrogens is 1. The Morgan fingerprint density at radius 2 is 1.84 bits per heavy atom. The first kappa shape index (κ1) is 14.2. The fourth-order valence-electron chi connectivity index (χ4n) is 2.44. The van der Waals surface area contributed by atoms with Crippen molar-refractivity contribution in [3.63, 3.8) is 0 Å². The van der Waals surface area contributed by atoms with Gasteiger partial charge in [0.25, 0.3) is 0 Å². The van der Waals surface area contributed by atoms with Gasteiger partial charge in [-0.05, 0) is 42.8 Å². The molecule has 0 aliphatic heterocycles. The molecule has 2 atom stereocenters. The van der Waals surface area contributed by atoms with Gasteiger partial charge >= 0.3 is 0 Å². The lowest BCUT2D eigenvalue weighted by molar-refractivity contribution is 0.505. The van der Waals surface area contributed by atoms with E-state index in [1.54, 1.807) is 0 Å². The smallest absolute Gasteiger partial charge is 0.0395 e. The molecule has 100 valence electrons. The number of hydrogen-bond acceptors (Lipinski definition) is 2. The zero-order valence-corrected chi connectivity index (χ0v) is 13.1. The Morgan fingerprint density at radius 1 is 1.16 bits per heavy atom. The van der Waals surface area contributed by atoms with Gasteiger partial charge in [0.2, 0.25) is 0 Å². The summed E-state index contributed by atoms with van der Waals surface area (Å²) in [6.07, 6.45) is 3.70. The summed E-state index contributed by atoms with van der Waals surface area (Å²) in [5.41, 5.74) is 3.86. The molecule has 0 radical (unpaired) electrons. The molecule has 0 amide bonds. The van der Waals surface area contributed by atoms with E-state index in [9.17, 15) is 0 Å². The van der Waals surface area contributed by atoms with Crippen LogP contribution in [0.4, 0.5) is 0 Å². The zero-order chi connectivity index (χ0) is 13.8. The van der Waals surface area contributed by atoms with Gasteiger partial charge in [-0.15, -0.1) is 0 Å². The van der Waals surface area contributed by atoms with Crippen molar-refractivity contribution < 1.29 is 0 Å². The van der Waals surface area contributed by atoms with Crippen LogP contribution in [0.15, 0.2) is 47.2 Å². The molecule has 0 fully saturated rings. The standard InChI is InChI=1S/C16H19BrN2/c1-11-5-4-6-14(15(11)17)16(18-3)12(2)13-7-9-19-10-8-13/h4-10,12,16,18H,1-3H3. The van der Waals surface area contributed by atoms with E-state index in [2.05, 4.69) is 70.4 Å². The molecule has 2 unspecified atom stereocenters. The van der Waals surface area contributed by atoms with E-state index in [0.717, 1.165) is 0 Å². The largest absolute Gasteiger partial charge is 0.312 e. The summed E-state index contributed by atoms with van der Waals surface area (Å²) < 4.78 is 1.19. The van der Waals surface area contributed by atoms with Crippen LogP contribution in [0.25, 0.3) is 0 Å². The SMILES string of the molecule is CNC(c1cccc(C)c1Br)C(C)c1ccncc1. The average Bonchev–Trinajstić information content (AvgIpc) is 2.45. The predicted molar refractivity (Wildman–Crippen MR) is 83.3 cm³/mol. The van der Waals surface area contributed by atoms with Crippen LogP contribution in [0.1, 0.15) is 35.6 Å². The monoisotopic (exact) mass is 318 g/mol. The van der Waals surface area contributed by atoms with Gasteiger partial charge in [0.15, 0.2) is 0 Å². The number of nitrogens with zero attached hydrogens (tertiary/aromatic N) is 1. The van der Waals surface area contributed by atoms with Gasteiger partial charge in [-0.25, -0.2) is 0 Å². The number of halogens is 1. The Hall–Kier alpha value is -1.19. The number of benzene rings is 1. The maximum absolute atomic E-state index is 4.09. The third-order valence-electron chi connectivity index (χ3n) is 3.60. The van der Waals surface area contributed by atoms with Crippen LogP contribution >= 0.6 is 15.9 Å². The number of rotatable bonds is 4. The van der Waals surface area contributed by atoms with E-state index in [0.29, 0.717) is 5.92 Å². The molecule has 1 heterocycles. The van der Waals surface area contributed by atoms with E-state index in [1.807, 2.05) is 19.4 Å². The van der Waals surface area contributed by atoms with Crippen molar-refractivity contribution in [2.75, 3.05) is 7.05 Å². The second kappa shape index (κ2) is 6.31. The summed E-state index contributed by atoms with van der Waals surface area (Å²) >= 11 is 3.71. The molecule has 2 nitrogen and oxygen atoms in total. The molecule has 0 aliphatic rings. The third kappa shape index (κ3) is 3.04. The van der Waals surface area contributed by atoms with Crippen molar-refractivity contribution >= 4 is 15.9 Å². The van der Waals surface area contributed by atoms with Crippen molar-refractivity contribution in [2.24, 2.45) is 0 Å². The molecule has 1 aromatic heterocycles. The van der Waals surface area contributed by atoms with Crippen LogP contribution in [0.2, 0.25) is 0 Å². The quantitative estimate of drug-likeness (QED) is 0.913. The first-order valence-electron chi connectivity index (χ1n) is 6.47. The number of pyridine rings is 1. The number of aryl methyl sites for hydroxylation is 1. The second-order valence-corrected chi connectivity index (χ2v) is 5.61. The van der Waals surface area contributed by atoms with Crippen LogP contribution in [-0.2, 0) is 0 Å². The van der Waals surface area contributed by atoms with Gasteiger partial charge in [0.05, 0.1) is 0 Å². The highest BCUT2D eigenvalue weighted by molar-refractivity contribution is 9.10. The summed E-state index contributed by atoms with van der Waals surface area (Å²) in [6.45, 7) is 4.36. The summed E-state index contributed by atoms with van der Waals surface area (Å²) in [4.78, 5) is 4.09. The molecule has 1 N–H and O–H groups in total. The van der Waals surface area contributed by atoms with Crippen LogP contribution < -0.4 is 5.32 Å². The van der Waals surface area contributed by atoms with Crippen molar-refractivity contribution in [3.8, 4) is 0 Å². The van der Waals surface area contributed by atoms with Crippen molar-refractivity contribution in [1.29, 1.82) is 0 Å². The maximum Gasteiger partial charge on any atom is 0.0395 e. The van der Waals surface area contributed by atoms with Gasteiger partial charge in [-0.2, -0.15) is 0 Å². The van der Waals surface area contributed by atoms with E-state index < -0.39 is 0 Å². The predicted octanol–water partition coefficient (Wildman–Crippen LogP) is 4.22. The summed E-state index contributed by atoms with van der Waals surface area (Å²) in [7, 11) is 2.01. The van der Waals surface area contributed by atoms with Gasteiger partial charge in [-0.3, -0.25) is 4.98 Å². The van der Waals surface area contributed by atoms with Crippen LogP contribution in [-0.4, -0.2) is 12.0 Å². The van der Waals surface area contributed by atoms with E-state index in [1.165, 1.54) is 21.2 Å². The van der Waals surface area contributed by atoms with Crippen molar-refractivity contribution in [2.45, 2.75) is 25.8 Å². The Kier molecular flexibility index (Phi) is 4.72. The lowest BCUT2D eigenvalue weighted by atomic mass is 9.88. The summed E-state index contributed by atoms with van der Waals surface area (Å²) in [6, 6.07) is 10.8. The molecule has 0 bridgehead atoms. The normalized spacial score (nSPS) is 14.1. The molecule has 0 spiro atoms. The minimum Gasteiger partial charge on any atom is -0.312 e. The number of hydrogen-bond donors (Lipinski definition) is 1. The molecule has 19 heavy (non-hydrogen) atoms. The lowest BCUT2D eigenvalue weighted by Gasteiger charge is -2.26. The van der Waals surface area contributed by atoms with E-state index in [-0.39, 0.29) is 6.04 Å². The Labute approximate surface area is 123 Å². The highest BCUT2D eigenvalue weighted by atomic mass is 79.9. The first-order valence-corrected chi connectivity index (χ1v) is 7.26. The highest BCUT2D eigenvalue weighted by Crippen LogP contribution is 2.35. The highest BCUT2D eigenvalue weighted by Gasteiger charge is 2.21. The third-order valence-corrected chi connectivity index (χ3v) is 4.68. The molecule has 3 heteroatoms. The molecule has 0 aliphatic carbocycles. The number of nitrogens with one attached hydrogen (secondary N) is 1. The minimum atomic E-state index is 0.275. The molecule has 2 aromatic rings. The van der Waals surface area contributed by atoms with Crippen molar-refractivity contribution in [3.05, 3.63) is 63.9 Å². The lowest BCUT2D eigenvalue weighted by Crippen LogP contribution is -2.23. The Balaban J connectivity index is 2.37. The maximum atomic E-state index is 4.09. The Bertz CT molecular complexity index is 540. The van der Waals surface area contributed by atoms with Gasteiger partial charge in [-0.1, -0.05) is 41.1 Å². The molecular formula is C16H19BrN2. The fourth-order valence-corrected chi connectivity index (χ4v) is 2.96. The second-order valence-electron chi connectivity index (χ2n) is 4.81. The van der Waals surface area contributed by atoms with Crippen LogP contribution in [0.5, 0.6) is 0 Å². The fraction of sp³-hybridized carbons (Fsp3) is 0.312. The molecule has 2 rings (SSSR count). The molecule has 1 aromatic carbocycles. The van der Waals surface area contributed by atoms with Gasteiger partial charge in [0, 0.05) is 28.8 Å². The molecular weight excluding hydrogens is 300 g/mol. The topological polar surface area (TPSA) is 24.9 Å². The number of likely N-dealkylation sites (N-methyl/N-ethyl adjacent to an activating group) is 1. The summed E-state index contributed by atoms with van der Waals surface area (Å²) in [5.74, 6) is 0.381. The van der Waals surface area contributed by atoms with E-state index in [4.69, 9.17) is 0 Å².